The summed E-state index contributed by atoms with van der Waals surface area (Å²) < 4.78 is 0. The number of benzene rings is 2. The number of carbonyl (C=O) groups excluding carboxylic acids is 2. The lowest BCUT2D eigenvalue weighted by Gasteiger charge is -2.24. The van der Waals surface area contributed by atoms with Gasteiger partial charge in [-0.2, -0.15) is 0 Å². The molecule has 0 atom stereocenters. The molecule has 2 aromatic carbocycles. The molecule has 1 aliphatic rings. The molecule has 0 aromatic heterocycles. The number of fused-ring (bicyclic) bond motifs is 2. The van der Waals surface area contributed by atoms with Crippen LogP contribution < -0.4 is 10.6 Å². The summed E-state index contributed by atoms with van der Waals surface area (Å²) in [4.78, 5) is 27.2. The lowest BCUT2D eigenvalue weighted by atomic mass is 9.82. The first-order valence-corrected chi connectivity index (χ1v) is 17.6. The number of hydrogen-bond acceptors (Lipinski definition) is 5. The summed E-state index contributed by atoms with van der Waals surface area (Å²) in [6, 6.07) is 11.1. The third kappa shape index (κ3) is 11.7. The molecule has 2 aromatic rings. The van der Waals surface area contributed by atoms with Crippen molar-refractivity contribution in [3.8, 4) is 0 Å². The predicted octanol–water partition coefficient (Wildman–Crippen LogP) is 10.1. The van der Waals surface area contributed by atoms with E-state index in [2.05, 4.69) is 17.6 Å². The minimum absolute atomic E-state index is 0.0775. The van der Waals surface area contributed by atoms with E-state index in [-0.39, 0.29) is 18.2 Å². The summed E-state index contributed by atoms with van der Waals surface area (Å²) >= 11 is 0. The number of rotatable bonds is 25. The van der Waals surface area contributed by atoms with Crippen molar-refractivity contribution >= 4 is 22.9 Å². The second-order valence-corrected chi connectivity index (χ2v) is 12.4. The molecule has 5 nitrogen and oxygen atoms in total. The lowest BCUT2D eigenvalue weighted by molar-refractivity contribution is 0.0980. The molecule has 0 fully saturated rings. The monoisotopic (exact) mass is 590 g/mol. The van der Waals surface area contributed by atoms with Crippen LogP contribution in [-0.4, -0.2) is 36.4 Å². The van der Waals surface area contributed by atoms with E-state index in [0.717, 1.165) is 56.6 Å². The molecule has 43 heavy (non-hydrogen) atoms. The first kappa shape index (κ1) is 34.8. The van der Waals surface area contributed by atoms with Crippen molar-refractivity contribution in [2.45, 2.75) is 135 Å². The van der Waals surface area contributed by atoms with Gasteiger partial charge in [0.1, 0.15) is 0 Å². The molecule has 0 saturated carbocycles. The molecule has 0 bridgehead atoms. The highest BCUT2D eigenvalue weighted by Crippen LogP contribution is 2.36. The van der Waals surface area contributed by atoms with E-state index in [9.17, 15) is 9.59 Å². The topological polar surface area (TPSA) is 78.4 Å². The van der Waals surface area contributed by atoms with E-state index in [1.165, 1.54) is 96.3 Å². The van der Waals surface area contributed by atoms with Crippen LogP contribution in [0, 0.1) is 0 Å². The van der Waals surface area contributed by atoms with Crippen molar-refractivity contribution in [1.29, 1.82) is 0 Å². The van der Waals surface area contributed by atoms with Gasteiger partial charge in [0, 0.05) is 42.2 Å². The number of carbonyl (C=O) groups is 2. The van der Waals surface area contributed by atoms with Crippen LogP contribution in [0.4, 0.5) is 11.4 Å². The normalized spacial score (nSPS) is 12.3. The molecule has 0 aliphatic heterocycles. The van der Waals surface area contributed by atoms with E-state index in [1.54, 1.807) is 12.1 Å². The Balaban J connectivity index is 1.38. The zero-order valence-corrected chi connectivity index (χ0v) is 27.0. The van der Waals surface area contributed by atoms with E-state index < -0.39 is 0 Å². The quantitative estimate of drug-likeness (QED) is 0.0856. The van der Waals surface area contributed by atoms with Gasteiger partial charge < -0.3 is 15.7 Å². The second kappa shape index (κ2) is 21.1. The zero-order chi connectivity index (χ0) is 30.5. The van der Waals surface area contributed by atoms with Crippen molar-refractivity contribution in [3.63, 3.8) is 0 Å². The third-order valence-electron chi connectivity index (χ3n) is 8.82. The van der Waals surface area contributed by atoms with Gasteiger partial charge in [0.15, 0.2) is 11.6 Å². The average molecular weight is 591 g/mol. The Morgan fingerprint density at radius 1 is 0.488 bits per heavy atom. The number of aliphatic hydroxyl groups is 1. The predicted molar refractivity (Wildman–Crippen MR) is 182 cm³/mol. The summed E-state index contributed by atoms with van der Waals surface area (Å²) in [6.07, 6.45) is 25.3. The summed E-state index contributed by atoms with van der Waals surface area (Å²) in [5.74, 6) is -0.162. The highest BCUT2D eigenvalue weighted by atomic mass is 16.3. The Hall–Kier alpha value is -2.66. The SMILES string of the molecule is CCCCCCCCCCCCCCCCCCNc1ccc(NCCCCCCO)c2c1C(=O)c1ccccc1C2=O. The summed E-state index contributed by atoms with van der Waals surface area (Å²) in [5, 5.41) is 15.9. The van der Waals surface area contributed by atoms with Crippen LogP contribution >= 0.6 is 0 Å². The van der Waals surface area contributed by atoms with Crippen molar-refractivity contribution in [1.82, 2.24) is 0 Å². The van der Waals surface area contributed by atoms with Crippen LogP contribution in [0.5, 0.6) is 0 Å². The lowest BCUT2D eigenvalue weighted by Crippen LogP contribution is -2.24. The van der Waals surface area contributed by atoms with E-state index in [4.69, 9.17) is 5.11 Å². The standard InChI is InChI=1S/C38H58N2O3/c1-2-3-4-5-6-7-8-9-10-11-12-13-14-15-16-21-28-39-33-26-27-34(40-29-22-17-18-23-30-41)36-35(33)37(42)31-24-19-20-25-32(31)38(36)43/h19-20,24-27,39-41H,2-18,21-23,28-30H2,1H3. The molecule has 0 unspecified atom stereocenters. The molecule has 5 heteroatoms. The molecular weight excluding hydrogens is 532 g/mol. The van der Waals surface area contributed by atoms with Gasteiger partial charge in [-0.25, -0.2) is 0 Å². The van der Waals surface area contributed by atoms with Crippen LogP contribution in [0.2, 0.25) is 0 Å². The van der Waals surface area contributed by atoms with Crippen molar-refractivity contribution < 1.29 is 14.7 Å². The summed E-state index contributed by atoms with van der Waals surface area (Å²) in [6.45, 7) is 4.03. The largest absolute Gasteiger partial charge is 0.396 e. The van der Waals surface area contributed by atoms with Gasteiger partial charge in [-0.1, -0.05) is 140 Å². The van der Waals surface area contributed by atoms with Crippen molar-refractivity contribution in [2.24, 2.45) is 0 Å². The average Bonchev–Trinajstić information content (AvgIpc) is 3.03. The Kier molecular flexibility index (Phi) is 17.1. The fraction of sp³-hybridized carbons (Fsp3) is 0.632. The molecule has 3 rings (SSSR count). The minimum Gasteiger partial charge on any atom is -0.396 e. The summed E-state index contributed by atoms with van der Waals surface area (Å²) in [7, 11) is 0. The highest BCUT2D eigenvalue weighted by molar-refractivity contribution is 6.31. The van der Waals surface area contributed by atoms with Crippen LogP contribution in [0.15, 0.2) is 36.4 Å². The number of unbranched alkanes of at least 4 members (excludes halogenated alkanes) is 18. The maximum atomic E-state index is 13.6. The van der Waals surface area contributed by atoms with E-state index in [1.807, 2.05) is 24.3 Å². The highest BCUT2D eigenvalue weighted by Gasteiger charge is 2.33. The summed E-state index contributed by atoms with van der Waals surface area (Å²) in [5.41, 5.74) is 3.48. The van der Waals surface area contributed by atoms with E-state index >= 15 is 0 Å². The first-order valence-electron chi connectivity index (χ1n) is 17.6. The van der Waals surface area contributed by atoms with Crippen molar-refractivity contribution in [2.75, 3.05) is 30.3 Å². The van der Waals surface area contributed by atoms with E-state index in [0.29, 0.717) is 22.3 Å². The molecular formula is C38H58N2O3. The van der Waals surface area contributed by atoms with Gasteiger partial charge in [0.2, 0.25) is 0 Å². The molecule has 0 radical (unpaired) electrons. The molecule has 0 saturated heterocycles. The molecule has 238 valence electrons. The molecule has 0 heterocycles. The maximum Gasteiger partial charge on any atom is 0.196 e. The number of ketones is 2. The van der Waals surface area contributed by atoms with Crippen LogP contribution in [0.25, 0.3) is 0 Å². The third-order valence-corrected chi connectivity index (χ3v) is 8.82. The Morgan fingerprint density at radius 2 is 0.837 bits per heavy atom. The minimum atomic E-state index is -0.0842. The molecule has 0 amide bonds. The van der Waals surface area contributed by atoms with Gasteiger partial charge in [-0.05, 0) is 31.4 Å². The van der Waals surface area contributed by atoms with Crippen LogP contribution in [0.3, 0.4) is 0 Å². The van der Waals surface area contributed by atoms with Gasteiger partial charge >= 0.3 is 0 Å². The first-order chi connectivity index (χ1) is 21.2. The second-order valence-electron chi connectivity index (χ2n) is 12.4. The molecule has 1 aliphatic carbocycles. The fourth-order valence-electron chi connectivity index (χ4n) is 6.23. The number of hydrogen-bond donors (Lipinski definition) is 3. The zero-order valence-electron chi connectivity index (χ0n) is 27.0. The Bertz CT molecular complexity index is 1100. The molecule has 0 spiro atoms. The maximum absolute atomic E-state index is 13.6. The van der Waals surface area contributed by atoms with Gasteiger partial charge in [-0.3, -0.25) is 9.59 Å². The number of anilines is 2. The fourth-order valence-corrected chi connectivity index (χ4v) is 6.23. The number of aliphatic hydroxyl groups excluding tert-OH is 1. The van der Waals surface area contributed by atoms with Crippen molar-refractivity contribution in [3.05, 3.63) is 58.7 Å². The van der Waals surface area contributed by atoms with Crippen LogP contribution in [-0.2, 0) is 0 Å². The van der Waals surface area contributed by atoms with Gasteiger partial charge in [0.25, 0.3) is 0 Å². The smallest absolute Gasteiger partial charge is 0.196 e. The number of nitrogens with one attached hydrogen (secondary N) is 2. The van der Waals surface area contributed by atoms with Gasteiger partial charge in [0.05, 0.1) is 11.1 Å². The molecule has 3 N–H and O–H groups in total. The van der Waals surface area contributed by atoms with Gasteiger partial charge in [-0.15, -0.1) is 0 Å². The Labute approximate surface area is 261 Å². The Morgan fingerprint density at radius 3 is 1.21 bits per heavy atom. The van der Waals surface area contributed by atoms with Crippen LogP contribution in [0.1, 0.15) is 167 Å².